The molecule has 0 saturated heterocycles. The summed E-state index contributed by atoms with van der Waals surface area (Å²) in [5, 5.41) is 8.06. The van der Waals surface area contributed by atoms with E-state index >= 15 is 0 Å². The van der Waals surface area contributed by atoms with Gasteiger partial charge < -0.3 is 16.1 Å². The Morgan fingerprint density at radius 2 is 1.12 bits per heavy atom. The number of aliphatic hydroxyl groups excluding tert-OH is 1. The summed E-state index contributed by atoms with van der Waals surface area (Å²) in [6.45, 7) is 3.44. The third-order valence-corrected chi connectivity index (χ3v) is 0. The molecule has 0 fully saturated rings. The van der Waals surface area contributed by atoms with Gasteiger partial charge in [0.1, 0.15) is 0 Å². The van der Waals surface area contributed by atoms with Crippen molar-refractivity contribution in [2.75, 3.05) is 0 Å². The summed E-state index contributed by atoms with van der Waals surface area (Å²) in [4.78, 5) is 0. The minimum absolute atomic E-state index is 0. The minimum atomic E-state index is -0.167. The van der Waals surface area contributed by atoms with Crippen LogP contribution in [0.2, 0.25) is 0 Å². The second-order valence-electron chi connectivity index (χ2n) is 1.09. The van der Waals surface area contributed by atoms with Gasteiger partial charge in [-0.3, -0.25) is 0 Å². The molecule has 0 aromatic rings. The maximum atomic E-state index is 8.06. The van der Waals surface area contributed by atoms with Crippen molar-refractivity contribution >= 4 is 0 Å². The molecule has 0 radical (unpaired) electrons. The maximum absolute atomic E-state index is 8.06. The molecule has 0 aromatic heterocycles. The van der Waals surface area contributed by atoms with Gasteiger partial charge in [0.2, 0.25) is 0 Å². The molecule has 0 aliphatic carbocycles. The summed E-state index contributed by atoms with van der Waals surface area (Å²) in [5.41, 5.74) is 0. The van der Waals surface area contributed by atoms with E-state index < -0.39 is 0 Å². The van der Waals surface area contributed by atoms with Crippen LogP contribution in [0.3, 0.4) is 0 Å². The molecule has 0 rings (SSSR count). The molecule has 0 aliphatic rings. The first-order valence-corrected chi connectivity index (χ1v) is 1.41. The third-order valence-electron chi connectivity index (χ3n) is 0. The number of hydrogen-bond acceptors (Lipinski definition) is 3. The van der Waals surface area contributed by atoms with Gasteiger partial charge in [-0.25, -0.2) is 0 Å². The topological polar surface area (TPSA) is 80.2 Å². The number of hydrogen-bond donors (Lipinski definition) is 1. The van der Waals surface area contributed by atoms with Gasteiger partial charge >= 0.3 is 48.4 Å². The molecular weight excluding hydrogens is 114 g/mol. The average Bonchev–Trinajstić information content (AvgIpc) is 0.811. The summed E-state index contributed by atoms with van der Waals surface area (Å²) >= 11 is 0. The van der Waals surface area contributed by atoms with E-state index in [1.54, 1.807) is 13.8 Å². The Bertz CT molecular complexity index is 19.2. The SMILES string of the molecule is CC(C)O.[Li+].[Na+].[OH-].[OH-]. The molecule has 3 nitrogen and oxygen atoms in total. The molecule has 5 heteroatoms. The van der Waals surface area contributed by atoms with Crippen LogP contribution >= 0.6 is 0 Å². The van der Waals surface area contributed by atoms with Crippen LogP contribution in [0, 0.1) is 0 Å². The second-order valence-corrected chi connectivity index (χ2v) is 1.09. The van der Waals surface area contributed by atoms with Gasteiger partial charge in [0.05, 0.1) is 0 Å². The molecule has 0 aromatic carbocycles. The predicted molar refractivity (Wildman–Crippen MR) is 21.2 cm³/mol. The Kier molecular flexibility index (Phi) is 100. The minimum Gasteiger partial charge on any atom is -0.870 e. The fourth-order valence-electron chi connectivity index (χ4n) is 0. The first-order valence-electron chi connectivity index (χ1n) is 1.41. The first kappa shape index (κ1) is 34.0. The zero-order chi connectivity index (χ0) is 3.58. The summed E-state index contributed by atoms with van der Waals surface area (Å²) in [6, 6.07) is 0. The Hall–Kier alpha value is 1.48. The largest absolute Gasteiger partial charge is 1.00 e. The van der Waals surface area contributed by atoms with Crippen molar-refractivity contribution in [3.63, 3.8) is 0 Å². The molecule has 0 atom stereocenters. The van der Waals surface area contributed by atoms with Crippen LogP contribution in [0.5, 0.6) is 0 Å². The van der Waals surface area contributed by atoms with E-state index in [2.05, 4.69) is 0 Å². The van der Waals surface area contributed by atoms with Crippen LogP contribution in [-0.4, -0.2) is 22.2 Å². The van der Waals surface area contributed by atoms with Crippen molar-refractivity contribution in [3.05, 3.63) is 0 Å². The van der Waals surface area contributed by atoms with Gasteiger partial charge in [-0.1, -0.05) is 0 Å². The normalized spacial score (nSPS) is 4.50. The molecule has 8 heavy (non-hydrogen) atoms. The summed E-state index contributed by atoms with van der Waals surface area (Å²) in [7, 11) is 0. The first-order chi connectivity index (χ1) is 1.73. The van der Waals surface area contributed by atoms with Gasteiger partial charge in [0, 0.05) is 6.10 Å². The van der Waals surface area contributed by atoms with E-state index in [1.807, 2.05) is 0 Å². The molecule has 0 aliphatic heterocycles. The third kappa shape index (κ3) is 144. The van der Waals surface area contributed by atoms with E-state index in [-0.39, 0.29) is 65.5 Å². The molecule has 0 saturated carbocycles. The Balaban J connectivity index is -0.00000000750. The Morgan fingerprint density at radius 3 is 1.12 bits per heavy atom. The van der Waals surface area contributed by atoms with Crippen LogP contribution in [0.25, 0.3) is 0 Å². The smallest absolute Gasteiger partial charge is 0.870 e. The fraction of sp³-hybridized carbons (Fsp3) is 1.00. The zero-order valence-electron chi connectivity index (χ0n) is 5.92. The molecule has 42 valence electrons. The Labute approximate surface area is 83.9 Å². The molecular formula is C3H10LiNaO3. The van der Waals surface area contributed by atoms with Crippen molar-refractivity contribution in [2.45, 2.75) is 20.0 Å². The van der Waals surface area contributed by atoms with Crippen LogP contribution in [0.15, 0.2) is 0 Å². The van der Waals surface area contributed by atoms with E-state index in [0.29, 0.717) is 0 Å². The van der Waals surface area contributed by atoms with E-state index in [4.69, 9.17) is 5.11 Å². The summed E-state index contributed by atoms with van der Waals surface area (Å²) < 4.78 is 0. The van der Waals surface area contributed by atoms with Crippen LogP contribution < -0.4 is 48.4 Å². The van der Waals surface area contributed by atoms with E-state index in [9.17, 15) is 0 Å². The van der Waals surface area contributed by atoms with Gasteiger partial charge in [-0.05, 0) is 13.8 Å². The van der Waals surface area contributed by atoms with Gasteiger partial charge in [-0.2, -0.15) is 0 Å². The van der Waals surface area contributed by atoms with Crippen LogP contribution in [0.4, 0.5) is 0 Å². The second kappa shape index (κ2) is 23.6. The molecule has 0 amide bonds. The fourth-order valence-corrected chi connectivity index (χ4v) is 0. The molecule has 0 bridgehead atoms. The number of rotatable bonds is 0. The van der Waals surface area contributed by atoms with E-state index in [0.717, 1.165) is 0 Å². The molecule has 0 unspecified atom stereocenters. The van der Waals surface area contributed by atoms with Gasteiger partial charge in [-0.15, -0.1) is 0 Å². The number of aliphatic hydroxyl groups is 1. The molecule has 0 spiro atoms. The standard InChI is InChI=1S/C3H8O.Li.Na.2H2O/c1-3(2)4;;;;/h3-4H,1-2H3;;;2*1H2/q;2*+1;;/p-2. The average molecular weight is 124 g/mol. The molecule has 0 heterocycles. The summed E-state index contributed by atoms with van der Waals surface area (Å²) in [6.07, 6.45) is -0.167. The van der Waals surface area contributed by atoms with Crippen molar-refractivity contribution in [1.82, 2.24) is 0 Å². The van der Waals surface area contributed by atoms with Crippen LogP contribution in [0.1, 0.15) is 13.8 Å². The van der Waals surface area contributed by atoms with E-state index in [1.165, 1.54) is 0 Å². The maximum Gasteiger partial charge on any atom is 1.00 e. The van der Waals surface area contributed by atoms with Crippen molar-refractivity contribution in [3.8, 4) is 0 Å². The monoisotopic (exact) mass is 124 g/mol. The van der Waals surface area contributed by atoms with Crippen molar-refractivity contribution in [1.29, 1.82) is 0 Å². The zero-order valence-corrected chi connectivity index (χ0v) is 7.92. The van der Waals surface area contributed by atoms with Gasteiger partial charge in [0.15, 0.2) is 0 Å². The van der Waals surface area contributed by atoms with Crippen molar-refractivity contribution < 1.29 is 64.5 Å². The summed E-state index contributed by atoms with van der Waals surface area (Å²) in [5.74, 6) is 0. The van der Waals surface area contributed by atoms with Crippen LogP contribution in [-0.2, 0) is 0 Å². The van der Waals surface area contributed by atoms with Gasteiger partial charge in [0.25, 0.3) is 0 Å². The predicted octanol–water partition coefficient (Wildman–Crippen LogP) is -5.96. The Morgan fingerprint density at radius 1 is 1.12 bits per heavy atom. The quantitative estimate of drug-likeness (QED) is 0.326. The molecule has 3 N–H and O–H groups in total. The van der Waals surface area contributed by atoms with Crippen molar-refractivity contribution in [2.24, 2.45) is 0 Å².